The summed E-state index contributed by atoms with van der Waals surface area (Å²) in [6, 6.07) is 24.5. The fourth-order valence-corrected chi connectivity index (χ4v) is 5.52. The third-order valence-electron chi connectivity index (χ3n) is 7.67. The largest absolute Gasteiger partial charge is 0.484 e. The van der Waals surface area contributed by atoms with Crippen LogP contribution in [0.25, 0.3) is 6.08 Å². The van der Waals surface area contributed by atoms with Crippen molar-refractivity contribution in [3.63, 3.8) is 0 Å². The highest BCUT2D eigenvalue weighted by atomic mass is 35.5. The highest BCUT2D eigenvalue weighted by molar-refractivity contribution is 6.30. The number of hydrogen-bond donors (Lipinski definition) is 0. The van der Waals surface area contributed by atoms with E-state index >= 15 is 0 Å². The van der Waals surface area contributed by atoms with Crippen molar-refractivity contribution in [2.75, 3.05) is 32.8 Å². The third-order valence-corrected chi connectivity index (χ3v) is 8.17. The van der Waals surface area contributed by atoms with Crippen molar-refractivity contribution in [2.45, 2.75) is 45.4 Å². The standard InChI is InChI=1S/C35H40Cl2N2O3/c1-2-3-5-10-29(23-27-8-6-4-7-9-27)25-39(35(41)30-11-13-31(36)14-12-30)24-28-19-21-38(22-20-28)34(40)26-42-33-17-15-32(37)16-18-33/h4,6-9,11-18,23,28H,2-3,5,10,19-22,24-26H2,1H3. The van der Waals surface area contributed by atoms with Gasteiger partial charge in [-0.05, 0) is 85.7 Å². The lowest BCUT2D eigenvalue weighted by Crippen LogP contribution is -2.44. The molecule has 0 spiro atoms. The van der Waals surface area contributed by atoms with E-state index in [4.69, 9.17) is 27.9 Å². The number of carbonyl (C=O) groups excluding carboxylic acids is 2. The monoisotopic (exact) mass is 606 g/mol. The summed E-state index contributed by atoms with van der Waals surface area (Å²) in [5, 5.41) is 1.24. The molecule has 7 heteroatoms. The van der Waals surface area contributed by atoms with E-state index in [1.165, 1.54) is 5.57 Å². The van der Waals surface area contributed by atoms with Crippen LogP contribution in [0.2, 0.25) is 10.0 Å². The minimum atomic E-state index is -0.0264. The van der Waals surface area contributed by atoms with Crippen molar-refractivity contribution in [1.82, 2.24) is 9.80 Å². The summed E-state index contributed by atoms with van der Waals surface area (Å²) in [6.45, 7) is 4.73. The van der Waals surface area contributed by atoms with Crippen LogP contribution in [-0.4, -0.2) is 54.4 Å². The molecule has 1 aliphatic rings. The number of ether oxygens (including phenoxy) is 1. The average Bonchev–Trinajstić information content (AvgIpc) is 3.01. The van der Waals surface area contributed by atoms with Crippen LogP contribution < -0.4 is 4.74 Å². The van der Waals surface area contributed by atoms with Crippen molar-refractivity contribution in [2.24, 2.45) is 5.92 Å². The number of halogens is 2. The number of hydrogen-bond acceptors (Lipinski definition) is 3. The topological polar surface area (TPSA) is 49.9 Å². The van der Waals surface area contributed by atoms with Gasteiger partial charge in [-0.15, -0.1) is 0 Å². The van der Waals surface area contributed by atoms with Crippen molar-refractivity contribution in [3.8, 4) is 5.75 Å². The summed E-state index contributed by atoms with van der Waals surface area (Å²) in [5.74, 6) is 0.908. The Labute approximate surface area is 260 Å². The van der Waals surface area contributed by atoms with Gasteiger partial charge in [0.1, 0.15) is 5.75 Å². The van der Waals surface area contributed by atoms with Gasteiger partial charge in [0.2, 0.25) is 0 Å². The minimum absolute atomic E-state index is 0.00111. The van der Waals surface area contributed by atoms with Crippen molar-refractivity contribution < 1.29 is 14.3 Å². The molecule has 0 radical (unpaired) electrons. The Morgan fingerprint density at radius 2 is 1.55 bits per heavy atom. The summed E-state index contributed by atoms with van der Waals surface area (Å²) in [6.07, 6.45) is 8.26. The highest BCUT2D eigenvalue weighted by Gasteiger charge is 2.27. The molecule has 0 bridgehead atoms. The highest BCUT2D eigenvalue weighted by Crippen LogP contribution is 2.24. The number of benzene rings is 3. The second-order valence-corrected chi connectivity index (χ2v) is 11.8. The summed E-state index contributed by atoms with van der Waals surface area (Å²) in [4.78, 5) is 30.5. The molecule has 0 unspecified atom stereocenters. The Kier molecular flexibility index (Phi) is 12.3. The van der Waals surface area contributed by atoms with Gasteiger partial charge in [-0.3, -0.25) is 9.59 Å². The molecule has 5 nitrogen and oxygen atoms in total. The average molecular weight is 608 g/mol. The van der Waals surface area contributed by atoms with E-state index in [2.05, 4.69) is 25.1 Å². The molecule has 0 aromatic heterocycles. The first kappa shape index (κ1) is 31.7. The van der Waals surface area contributed by atoms with Gasteiger partial charge in [-0.2, -0.15) is 0 Å². The van der Waals surface area contributed by atoms with E-state index in [0.29, 0.717) is 53.5 Å². The Morgan fingerprint density at radius 3 is 2.19 bits per heavy atom. The number of nitrogens with zero attached hydrogens (tertiary/aromatic N) is 2. The molecule has 2 amide bonds. The Morgan fingerprint density at radius 1 is 0.905 bits per heavy atom. The van der Waals surface area contributed by atoms with Gasteiger partial charge in [0.05, 0.1) is 0 Å². The van der Waals surface area contributed by atoms with Gasteiger partial charge >= 0.3 is 0 Å². The molecular weight excluding hydrogens is 567 g/mol. The maximum atomic E-state index is 13.8. The normalized spacial score (nSPS) is 14.1. The smallest absolute Gasteiger partial charge is 0.260 e. The zero-order valence-electron chi connectivity index (χ0n) is 24.3. The van der Waals surface area contributed by atoms with Crippen molar-refractivity contribution >= 4 is 41.1 Å². The lowest BCUT2D eigenvalue weighted by Gasteiger charge is -2.35. The van der Waals surface area contributed by atoms with Crippen LogP contribution >= 0.6 is 23.2 Å². The molecular formula is C35H40Cl2N2O3. The summed E-state index contributed by atoms with van der Waals surface area (Å²) in [5.41, 5.74) is 3.04. The lowest BCUT2D eigenvalue weighted by molar-refractivity contribution is -0.134. The fraction of sp³-hybridized carbons (Fsp3) is 0.371. The number of rotatable bonds is 13. The quantitative estimate of drug-likeness (QED) is 0.183. The van der Waals surface area contributed by atoms with Crippen LogP contribution in [0.5, 0.6) is 5.75 Å². The molecule has 4 rings (SSSR count). The van der Waals surface area contributed by atoms with Crippen molar-refractivity contribution in [1.29, 1.82) is 0 Å². The van der Waals surface area contributed by atoms with Crippen LogP contribution in [0.1, 0.15) is 61.4 Å². The van der Waals surface area contributed by atoms with Gasteiger partial charge in [0.15, 0.2) is 6.61 Å². The van der Waals surface area contributed by atoms with E-state index in [9.17, 15) is 9.59 Å². The molecule has 222 valence electrons. The van der Waals surface area contributed by atoms with Gasteiger partial charge in [0.25, 0.3) is 11.8 Å². The molecule has 1 saturated heterocycles. The lowest BCUT2D eigenvalue weighted by atomic mass is 9.95. The van der Waals surface area contributed by atoms with E-state index in [-0.39, 0.29) is 18.4 Å². The van der Waals surface area contributed by atoms with E-state index in [1.807, 2.05) is 28.0 Å². The van der Waals surface area contributed by atoms with Crippen LogP contribution in [0, 0.1) is 5.92 Å². The number of piperidine rings is 1. The fourth-order valence-electron chi connectivity index (χ4n) is 5.27. The molecule has 3 aromatic carbocycles. The summed E-state index contributed by atoms with van der Waals surface area (Å²) in [7, 11) is 0. The van der Waals surface area contributed by atoms with Crippen LogP contribution in [0.4, 0.5) is 0 Å². The number of likely N-dealkylation sites (tertiary alicyclic amines) is 1. The van der Waals surface area contributed by atoms with Crippen LogP contribution in [0.15, 0.2) is 84.4 Å². The van der Waals surface area contributed by atoms with Gasteiger partial charge in [-0.1, -0.05) is 84.9 Å². The molecule has 1 aliphatic heterocycles. The molecule has 1 heterocycles. The van der Waals surface area contributed by atoms with E-state index < -0.39 is 0 Å². The third kappa shape index (κ3) is 9.92. The Bertz CT molecular complexity index is 1300. The summed E-state index contributed by atoms with van der Waals surface area (Å²) < 4.78 is 5.67. The summed E-state index contributed by atoms with van der Waals surface area (Å²) >= 11 is 12.1. The van der Waals surface area contributed by atoms with E-state index in [0.717, 1.165) is 44.1 Å². The SMILES string of the molecule is CCCCCC(=Cc1ccccc1)CN(CC1CCN(C(=O)COc2ccc(Cl)cc2)CC1)C(=O)c1ccc(Cl)cc1. The predicted molar refractivity (Wildman–Crippen MR) is 172 cm³/mol. The van der Waals surface area contributed by atoms with Crippen LogP contribution in [-0.2, 0) is 4.79 Å². The van der Waals surface area contributed by atoms with Gasteiger partial charge in [0, 0.05) is 41.8 Å². The second kappa shape index (κ2) is 16.4. The molecule has 1 fully saturated rings. The Balaban J connectivity index is 1.42. The first-order valence-corrected chi connectivity index (χ1v) is 15.6. The second-order valence-electron chi connectivity index (χ2n) is 10.9. The number of amides is 2. The molecule has 0 N–H and O–H groups in total. The van der Waals surface area contributed by atoms with Crippen molar-refractivity contribution in [3.05, 3.63) is 106 Å². The molecule has 0 atom stereocenters. The van der Waals surface area contributed by atoms with Gasteiger partial charge in [-0.25, -0.2) is 0 Å². The molecule has 42 heavy (non-hydrogen) atoms. The van der Waals surface area contributed by atoms with Gasteiger partial charge < -0.3 is 14.5 Å². The molecule has 0 aliphatic carbocycles. The van der Waals surface area contributed by atoms with Crippen LogP contribution in [0.3, 0.4) is 0 Å². The molecule has 3 aromatic rings. The zero-order valence-corrected chi connectivity index (χ0v) is 25.8. The number of carbonyl (C=O) groups is 2. The first-order valence-electron chi connectivity index (χ1n) is 14.9. The minimum Gasteiger partial charge on any atom is -0.484 e. The zero-order chi connectivity index (χ0) is 29.7. The van der Waals surface area contributed by atoms with E-state index in [1.54, 1.807) is 48.5 Å². The maximum absolute atomic E-state index is 13.8. The molecule has 0 saturated carbocycles. The predicted octanol–water partition coefficient (Wildman–Crippen LogP) is 8.42. The first-order chi connectivity index (χ1) is 20.4. The Hall–Kier alpha value is -3.28. The number of unbranched alkanes of at least 4 members (excludes halogenated alkanes) is 2. The maximum Gasteiger partial charge on any atom is 0.260 e.